The number of amides is 4. The number of rotatable bonds is 13. The molecule has 13 heteroatoms. The molecule has 0 aliphatic carbocycles. The summed E-state index contributed by atoms with van der Waals surface area (Å²) in [5, 5.41) is 19.6. The van der Waals surface area contributed by atoms with Crippen LogP contribution in [0.5, 0.6) is 0 Å². The van der Waals surface area contributed by atoms with Crippen molar-refractivity contribution in [2.75, 3.05) is 31.6 Å². The normalized spacial score (nSPS) is 11.5. The molecule has 3 aromatic rings. The second kappa shape index (κ2) is 15.6. The van der Waals surface area contributed by atoms with Crippen molar-refractivity contribution < 1.29 is 28.6 Å². The third kappa shape index (κ3) is 9.33. The summed E-state index contributed by atoms with van der Waals surface area (Å²) >= 11 is 6.06. The summed E-state index contributed by atoms with van der Waals surface area (Å²) in [5.41, 5.74) is 3.40. The second-order valence-electron chi connectivity index (χ2n) is 8.78. The summed E-state index contributed by atoms with van der Waals surface area (Å²) in [4.78, 5) is 41.1. The number of hydrazine groups is 1. The molecule has 0 bridgehead atoms. The van der Waals surface area contributed by atoms with Crippen LogP contribution < -0.4 is 21.4 Å². The van der Waals surface area contributed by atoms with Crippen molar-refractivity contribution in [1.82, 2.24) is 26.1 Å². The topological polar surface area (TPSA) is 145 Å². The Morgan fingerprint density at radius 3 is 2.60 bits per heavy atom. The predicted octanol–water partition coefficient (Wildman–Crippen LogP) is 3.57. The standard InChI is InChI=1S/C27H32ClFN6O5/c1-18(37)35(33-16-21-8-4-10-23(29)25(21)28)22(9-5-11-30-26(38)31-12-13-36)17-40-27(39)34-24-14-19-6-2-3-7-20(19)15-32-24/h2-4,6-8,10,14-15,22,33,36H,5,9,11-13,16-17H2,1H3,(H2,30,31,38)(H,32,34,39)/t22-/m0/s1. The first-order valence-electron chi connectivity index (χ1n) is 12.7. The van der Waals surface area contributed by atoms with Crippen LogP contribution in [0.3, 0.4) is 0 Å². The number of carbonyl (C=O) groups excluding carboxylic acids is 3. The van der Waals surface area contributed by atoms with Crippen LogP contribution in [0.2, 0.25) is 5.02 Å². The summed E-state index contributed by atoms with van der Waals surface area (Å²) in [5.74, 6) is -0.647. The van der Waals surface area contributed by atoms with Crippen molar-refractivity contribution in [3.8, 4) is 0 Å². The molecule has 11 nitrogen and oxygen atoms in total. The fraction of sp³-hybridized carbons (Fsp3) is 0.333. The Kier molecular flexibility index (Phi) is 11.9. The van der Waals surface area contributed by atoms with Gasteiger partial charge in [0.05, 0.1) is 17.7 Å². The van der Waals surface area contributed by atoms with Gasteiger partial charge in [-0.1, -0.05) is 48.0 Å². The van der Waals surface area contributed by atoms with Crippen molar-refractivity contribution >= 4 is 46.2 Å². The van der Waals surface area contributed by atoms with Gasteiger partial charge in [-0.3, -0.25) is 15.1 Å². The Balaban J connectivity index is 1.64. The molecule has 1 heterocycles. The SMILES string of the molecule is CC(=O)N(NCc1cccc(F)c1Cl)[C@@H](CCCNC(=O)NCCO)COC(=O)Nc1cc2ccccc2cn1. The summed E-state index contributed by atoms with van der Waals surface area (Å²) in [6, 6.07) is 12.6. The van der Waals surface area contributed by atoms with Crippen LogP contribution in [0.15, 0.2) is 54.7 Å². The van der Waals surface area contributed by atoms with Crippen LogP contribution in [-0.2, 0) is 16.1 Å². The number of aliphatic hydroxyl groups excluding tert-OH is 1. The first kappa shape index (κ1) is 30.5. The van der Waals surface area contributed by atoms with E-state index in [0.717, 1.165) is 10.8 Å². The van der Waals surface area contributed by atoms with Gasteiger partial charge in [-0.2, -0.15) is 0 Å². The maximum Gasteiger partial charge on any atom is 0.412 e. The number of nitrogens with one attached hydrogen (secondary N) is 4. The minimum Gasteiger partial charge on any atom is -0.447 e. The number of halogens is 2. The monoisotopic (exact) mass is 574 g/mol. The molecule has 0 aliphatic rings. The molecular weight excluding hydrogens is 543 g/mol. The van der Waals surface area contributed by atoms with Gasteiger partial charge in [0.2, 0.25) is 5.91 Å². The zero-order chi connectivity index (χ0) is 28.9. The first-order chi connectivity index (χ1) is 19.3. The molecule has 0 aliphatic heterocycles. The van der Waals surface area contributed by atoms with Crippen LogP contribution in [0.1, 0.15) is 25.3 Å². The van der Waals surface area contributed by atoms with Gasteiger partial charge in [0, 0.05) is 38.1 Å². The lowest BCUT2D eigenvalue weighted by molar-refractivity contribution is -0.136. The van der Waals surface area contributed by atoms with Crippen LogP contribution in [0, 0.1) is 5.82 Å². The van der Waals surface area contributed by atoms with Crippen molar-refractivity contribution in [2.45, 2.75) is 32.4 Å². The Labute approximate surface area is 236 Å². The van der Waals surface area contributed by atoms with E-state index >= 15 is 0 Å². The molecule has 1 aromatic heterocycles. The number of pyridine rings is 1. The van der Waals surface area contributed by atoms with Gasteiger partial charge in [-0.05, 0) is 35.9 Å². The van der Waals surface area contributed by atoms with E-state index in [1.54, 1.807) is 18.3 Å². The summed E-state index contributed by atoms with van der Waals surface area (Å²) in [7, 11) is 0. The highest BCUT2D eigenvalue weighted by atomic mass is 35.5. The van der Waals surface area contributed by atoms with Gasteiger partial charge in [0.25, 0.3) is 0 Å². The number of benzene rings is 2. The first-order valence-corrected chi connectivity index (χ1v) is 13.0. The lowest BCUT2D eigenvalue weighted by atomic mass is 10.1. The molecule has 0 radical (unpaired) electrons. The number of aromatic nitrogens is 1. The lowest BCUT2D eigenvalue weighted by Gasteiger charge is -2.31. The van der Waals surface area contributed by atoms with Crippen LogP contribution in [0.4, 0.5) is 19.8 Å². The predicted molar refractivity (Wildman–Crippen MR) is 149 cm³/mol. The Hall–Kier alpha value is -4.00. The lowest BCUT2D eigenvalue weighted by Crippen LogP contribution is -2.51. The smallest absolute Gasteiger partial charge is 0.412 e. The molecule has 3 rings (SSSR count). The number of anilines is 1. The molecule has 0 saturated heterocycles. The average Bonchev–Trinajstić information content (AvgIpc) is 2.94. The third-order valence-electron chi connectivity index (χ3n) is 5.84. The fourth-order valence-corrected chi connectivity index (χ4v) is 4.07. The maximum atomic E-state index is 13.9. The number of urea groups is 1. The number of nitrogens with zero attached hydrogens (tertiary/aromatic N) is 2. The Bertz CT molecular complexity index is 1310. The quantitative estimate of drug-likeness (QED) is 0.155. The number of hydrogen-bond acceptors (Lipinski definition) is 7. The van der Waals surface area contributed by atoms with E-state index in [1.165, 1.54) is 24.1 Å². The largest absolute Gasteiger partial charge is 0.447 e. The Morgan fingerprint density at radius 2 is 1.85 bits per heavy atom. The third-order valence-corrected chi connectivity index (χ3v) is 6.26. The van der Waals surface area contributed by atoms with Gasteiger partial charge in [-0.25, -0.2) is 24.4 Å². The van der Waals surface area contributed by atoms with Crippen molar-refractivity contribution in [1.29, 1.82) is 0 Å². The van der Waals surface area contributed by atoms with Gasteiger partial charge in [0.1, 0.15) is 18.2 Å². The highest BCUT2D eigenvalue weighted by Gasteiger charge is 2.23. The van der Waals surface area contributed by atoms with E-state index in [4.69, 9.17) is 21.4 Å². The van der Waals surface area contributed by atoms with E-state index in [0.29, 0.717) is 24.2 Å². The molecule has 1 atom stereocenters. The molecule has 40 heavy (non-hydrogen) atoms. The molecule has 4 amide bonds. The molecule has 0 saturated carbocycles. The van der Waals surface area contributed by atoms with E-state index in [9.17, 15) is 18.8 Å². The van der Waals surface area contributed by atoms with E-state index in [2.05, 4.69) is 26.4 Å². The number of hydrogen-bond donors (Lipinski definition) is 5. The summed E-state index contributed by atoms with van der Waals surface area (Å²) < 4.78 is 19.3. The van der Waals surface area contributed by atoms with Gasteiger partial charge >= 0.3 is 12.1 Å². The average molecular weight is 575 g/mol. The number of ether oxygens (including phenoxy) is 1. The number of aliphatic hydroxyl groups is 1. The van der Waals surface area contributed by atoms with Crippen molar-refractivity contribution in [2.24, 2.45) is 0 Å². The zero-order valence-corrected chi connectivity index (χ0v) is 22.7. The summed E-state index contributed by atoms with van der Waals surface area (Å²) in [6.07, 6.45) is 1.65. The van der Waals surface area contributed by atoms with Gasteiger partial charge in [0.15, 0.2) is 0 Å². The number of fused-ring (bicyclic) bond motifs is 1. The van der Waals surface area contributed by atoms with Crippen LogP contribution in [-0.4, -0.2) is 65.5 Å². The fourth-order valence-electron chi connectivity index (χ4n) is 3.88. The molecule has 0 unspecified atom stereocenters. The highest BCUT2D eigenvalue weighted by molar-refractivity contribution is 6.31. The number of carbonyl (C=O) groups is 3. The molecular formula is C27H32ClFN6O5. The summed E-state index contributed by atoms with van der Waals surface area (Å²) in [6.45, 7) is 1.41. The van der Waals surface area contributed by atoms with Crippen LogP contribution >= 0.6 is 11.6 Å². The van der Waals surface area contributed by atoms with Crippen LogP contribution in [0.25, 0.3) is 10.8 Å². The van der Waals surface area contributed by atoms with E-state index in [-0.39, 0.29) is 43.8 Å². The molecule has 214 valence electrons. The Morgan fingerprint density at radius 1 is 1.10 bits per heavy atom. The molecule has 5 N–H and O–H groups in total. The van der Waals surface area contributed by atoms with Crippen molar-refractivity contribution in [3.63, 3.8) is 0 Å². The van der Waals surface area contributed by atoms with E-state index < -0.39 is 24.0 Å². The minimum atomic E-state index is -0.758. The van der Waals surface area contributed by atoms with Gasteiger partial charge < -0.3 is 20.5 Å². The second-order valence-corrected chi connectivity index (χ2v) is 9.16. The highest BCUT2D eigenvalue weighted by Crippen LogP contribution is 2.20. The molecule has 0 spiro atoms. The maximum absolute atomic E-state index is 13.9. The minimum absolute atomic E-state index is 0.0433. The molecule has 0 fully saturated rings. The molecule has 2 aromatic carbocycles. The zero-order valence-electron chi connectivity index (χ0n) is 22.0. The van der Waals surface area contributed by atoms with E-state index in [1.807, 2.05) is 24.3 Å². The van der Waals surface area contributed by atoms with Crippen molar-refractivity contribution in [3.05, 3.63) is 71.1 Å². The van der Waals surface area contributed by atoms with Gasteiger partial charge in [-0.15, -0.1) is 0 Å².